The summed E-state index contributed by atoms with van der Waals surface area (Å²) in [7, 11) is -5.34. The van der Waals surface area contributed by atoms with E-state index in [1.165, 1.54) is 0 Å². The molecule has 0 unspecified atom stereocenters. The molecule has 0 atom stereocenters. The highest BCUT2D eigenvalue weighted by molar-refractivity contribution is 7.56. The third-order valence-electron chi connectivity index (χ3n) is 1.93. The molecule has 9 nitrogen and oxygen atoms in total. The number of hydrogen-bond acceptors (Lipinski definition) is 4. The fourth-order valence-corrected chi connectivity index (χ4v) is 2.27. The fraction of sp³-hybridized carbons (Fsp3) is 0.286. The summed E-state index contributed by atoms with van der Waals surface area (Å²) in [6.45, 7) is 0.929. The van der Waals surface area contributed by atoms with Crippen LogP contribution in [0.2, 0.25) is 0 Å². The van der Waals surface area contributed by atoms with Crippen molar-refractivity contribution in [3.63, 3.8) is 0 Å². The van der Waals surface area contributed by atoms with Crippen LogP contribution in [-0.4, -0.2) is 43.0 Å². The Kier molecular flexibility index (Phi) is 4.19. The number of carbonyl (C=O) groups is 3. The standard InChI is InChI=1S/C7H9O9P/c1-2-3(17(14,15)16)7(4(8)9,5(10)11)6(12)13/h2H,1H3,(H,8,9)(H,10,11)(H,12,13)(H2,14,15,16). The van der Waals surface area contributed by atoms with E-state index in [9.17, 15) is 18.9 Å². The molecule has 0 saturated carbocycles. The molecule has 10 heteroatoms. The highest BCUT2D eigenvalue weighted by atomic mass is 31.2. The van der Waals surface area contributed by atoms with E-state index in [0.29, 0.717) is 6.08 Å². The van der Waals surface area contributed by atoms with Crippen molar-refractivity contribution in [2.75, 3.05) is 0 Å². The average molecular weight is 268 g/mol. The SMILES string of the molecule is CC=C(C(C(=O)O)(C(=O)O)C(=O)O)P(=O)(O)O. The Bertz CT molecular complexity index is 406. The molecular weight excluding hydrogens is 259 g/mol. The fourth-order valence-electron chi connectivity index (χ4n) is 1.21. The van der Waals surface area contributed by atoms with Crippen LogP contribution in [0.15, 0.2) is 11.4 Å². The minimum Gasteiger partial charge on any atom is -0.480 e. The first-order valence-electron chi connectivity index (χ1n) is 3.96. The second-order valence-corrected chi connectivity index (χ2v) is 4.45. The molecule has 0 aromatic heterocycles. The summed E-state index contributed by atoms with van der Waals surface area (Å²) in [5.74, 6) is -7.18. The minimum absolute atomic E-state index is 0.469. The molecule has 0 heterocycles. The smallest absolute Gasteiger partial charge is 0.354 e. The van der Waals surface area contributed by atoms with Crippen molar-refractivity contribution in [2.45, 2.75) is 6.92 Å². The lowest BCUT2D eigenvalue weighted by molar-refractivity contribution is -0.171. The molecule has 0 bridgehead atoms. The van der Waals surface area contributed by atoms with Crippen molar-refractivity contribution in [1.29, 1.82) is 0 Å². The largest absolute Gasteiger partial charge is 0.480 e. The lowest BCUT2D eigenvalue weighted by Crippen LogP contribution is -2.48. The van der Waals surface area contributed by atoms with Gasteiger partial charge in [-0.05, 0) is 6.92 Å². The van der Waals surface area contributed by atoms with E-state index in [2.05, 4.69) is 0 Å². The first-order valence-corrected chi connectivity index (χ1v) is 5.57. The second kappa shape index (κ2) is 4.66. The predicted octanol–water partition coefficient (Wildman–Crippen LogP) is -0.692. The van der Waals surface area contributed by atoms with Gasteiger partial charge >= 0.3 is 25.5 Å². The van der Waals surface area contributed by atoms with Crippen LogP contribution in [-0.2, 0) is 18.9 Å². The van der Waals surface area contributed by atoms with Crippen LogP contribution in [0.3, 0.4) is 0 Å². The summed E-state index contributed by atoms with van der Waals surface area (Å²) in [5.41, 5.74) is -3.70. The average Bonchev–Trinajstić information content (AvgIpc) is 2.09. The molecule has 96 valence electrons. The molecule has 0 saturated heterocycles. The monoisotopic (exact) mass is 268 g/mol. The summed E-state index contributed by atoms with van der Waals surface area (Å²) >= 11 is 0. The molecule has 0 rings (SSSR count). The molecule has 0 aliphatic rings. The van der Waals surface area contributed by atoms with Crippen LogP contribution in [0.25, 0.3) is 0 Å². The molecule has 0 amide bonds. The van der Waals surface area contributed by atoms with E-state index < -0.39 is 36.2 Å². The van der Waals surface area contributed by atoms with Crippen molar-refractivity contribution in [3.8, 4) is 0 Å². The second-order valence-electron chi connectivity index (χ2n) is 2.88. The Morgan fingerprint density at radius 3 is 1.35 bits per heavy atom. The number of rotatable bonds is 5. The van der Waals surface area contributed by atoms with Crippen molar-refractivity contribution >= 4 is 25.5 Å². The Morgan fingerprint density at radius 2 is 1.29 bits per heavy atom. The molecular formula is C7H9O9P. The van der Waals surface area contributed by atoms with E-state index in [0.717, 1.165) is 6.92 Å². The quantitative estimate of drug-likeness (QED) is 0.319. The number of aliphatic carboxylic acids is 3. The van der Waals surface area contributed by atoms with Gasteiger partial charge < -0.3 is 25.1 Å². The Morgan fingerprint density at radius 1 is 1.00 bits per heavy atom. The molecule has 0 aliphatic carbocycles. The first kappa shape index (κ1) is 15.3. The van der Waals surface area contributed by atoms with Gasteiger partial charge in [-0.2, -0.15) is 0 Å². The number of hydrogen-bond donors (Lipinski definition) is 5. The third-order valence-corrected chi connectivity index (χ3v) is 3.16. The maximum absolute atomic E-state index is 11.0. The lowest BCUT2D eigenvalue weighted by Gasteiger charge is -2.23. The van der Waals surface area contributed by atoms with Crippen LogP contribution in [0.5, 0.6) is 0 Å². The topological polar surface area (TPSA) is 169 Å². The van der Waals surface area contributed by atoms with E-state index in [1.54, 1.807) is 0 Å². The third kappa shape index (κ3) is 2.36. The molecule has 0 aliphatic heterocycles. The van der Waals surface area contributed by atoms with Crippen molar-refractivity contribution in [2.24, 2.45) is 5.41 Å². The van der Waals surface area contributed by atoms with Crippen LogP contribution in [0.4, 0.5) is 0 Å². The van der Waals surface area contributed by atoms with Crippen LogP contribution >= 0.6 is 7.60 Å². The minimum atomic E-state index is -5.34. The van der Waals surface area contributed by atoms with E-state index in [-0.39, 0.29) is 0 Å². The molecule has 0 aromatic carbocycles. The zero-order valence-electron chi connectivity index (χ0n) is 8.39. The molecule has 0 spiro atoms. The van der Waals surface area contributed by atoms with Crippen molar-refractivity contribution < 1.29 is 44.1 Å². The van der Waals surface area contributed by atoms with Gasteiger partial charge in [0.15, 0.2) is 0 Å². The van der Waals surface area contributed by atoms with Gasteiger partial charge in [-0.3, -0.25) is 4.57 Å². The van der Waals surface area contributed by atoms with Gasteiger partial charge in [0.1, 0.15) is 0 Å². The van der Waals surface area contributed by atoms with E-state index >= 15 is 0 Å². The van der Waals surface area contributed by atoms with Crippen LogP contribution < -0.4 is 0 Å². The summed E-state index contributed by atoms with van der Waals surface area (Å²) in [6, 6.07) is 0. The Labute approximate surface area is 94.2 Å². The number of carboxylic acids is 3. The lowest BCUT2D eigenvalue weighted by atomic mass is 9.87. The zero-order chi connectivity index (χ0) is 14.0. The van der Waals surface area contributed by atoms with Crippen LogP contribution in [0, 0.1) is 5.41 Å². The van der Waals surface area contributed by atoms with Crippen molar-refractivity contribution in [3.05, 3.63) is 11.4 Å². The van der Waals surface area contributed by atoms with Crippen molar-refractivity contribution in [1.82, 2.24) is 0 Å². The maximum atomic E-state index is 11.0. The van der Waals surface area contributed by atoms with E-state index in [4.69, 9.17) is 25.1 Å². The molecule has 0 fully saturated rings. The molecule has 0 aromatic rings. The summed E-state index contributed by atoms with van der Waals surface area (Å²) in [4.78, 5) is 50.0. The highest BCUT2D eigenvalue weighted by Gasteiger charge is 2.62. The predicted molar refractivity (Wildman–Crippen MR) is 51.1 cm³/mol. The highest BCUT2D eigenvalue weighted by Crippen LogP contribution is 2.54. The molecule has 5 N–H and O–H groups in total. The number of allylic oxidation sites excluding steroid dienone is 1. The summed E-state index contributed by atoms with van der Waals surface area (Å²) in [6.07, 6.45) is 0.469. The van der Waals surface area contributed by atoms with E-state index in [1.807, 2.05) is 0 Å². The van der Waals surface area contributed by atoms with Gasteiger partial charge in [0, 0.05) is 0 Å². The Hall–Kier alpha value is -1.70. The van der Waals surface area contributed by atoms with Crippen LogP contribution in [0.1, 0.15) is 6.92 Å². The number of carboxylic acid groups (broad SMARTS) is 3. The van der Waals surface area contributed by atoms with Gasteiger partial charge in [0.05, 0.1) is 5.31 Å². The first-order chi connectivity index (χ1) is 7.52. The van der Waals surface area contributed by atoms with Gasteiger partial charge in [0.25, 0.3) is 5.41 Å². The normalized spacial score (nSPS) is 13.2. The summed E-state index contributed by atoms with van der Waals surface area (Å²) < 4.78 is 11.0. The molecule has 0 radical (unpaired) electrons. The van der Waals surface area contributed by atoms with Gasteiger partial charge in [-0.1, -0.05) is 6.08 Å². The van der Waals surface area contributed by atoms with Gasteiger partial charge in [0.2, 0.25) is 0 Å². The maximum Gasteiger partial charge on any atom is 0.354 e. The van der Waals surface area contributed by atoms with Gasteiger partial charge in [-0.25, -0.2) is 14.4 Å². The molecule has 17 heavy (non-hydrogen) atoms. The Balaban J connectivity index is 6.34. The van der Waals surface area contributed by atoms with Gasteiger partial charge in [-0.15, -0.1) is 0 Å². The summed E-state index contributed by atoms with van der Waals surface area (Å²) in [5, 5.41) is 24.5. The zero-order valence-corrected chi connectivity index (χ0v) is 9.29.